The highest BCUT2D eigenvalue weighted by Crippen LogP contribution is 2.29. The minimum absolute atomic E-state index is 0.157. The summed E-state index contributed by atoms with van der Waals surface area (Å²) in [7, 11) is 0. The third-order valence-corrected chi connectivity index (χ3v) is 8.93. The number of benzene rings is 4. The second-order valence-corrected chi connectivity index (χ2v) is 13.7. The van der Waals surface area contributed by atoms with E-state index in [0.717, 1.165) is 40.1 Å². The van der Waals surface area contributed by atoms with Crippen molar-refractivity contribution in [1.29, 1.82) is 10.5 Å². The van der Waals surface area contributed by atoms with Crippen LogP contribution in [0.5, 0.6) is 0 Å². The summed E-state index contributed by atoms with van der Waals surface area (Å²) < 4.78 is 3.91. The first-order valence-corrected chi connectivity index (χ1v) is 16.7. The van der Waals surface area contributed by atoms with Crippen LogP contribution in [0.25, 0.3) is 0 Å². The summed E-state index contributed by atoms with van der Waals surface area (Å²) in [5.41, 5.74) is 4.45. The lowest BCUT2D eigenvalue weighted by Crippen LogP contribution is -2.28. The lowest BCUT2D eigenvalue weighted by molar-refractivity contribution is 0.754. The van der Waals surface area contributed by atoms with Crippen molar-refractivity contribution in [2.45, 2.75) is 26.2 Å². The van der Waals surface area contributed by atoms with Crippen LogP contribution in [0, 0.1) is 22.7 Å². The summed E-state index contributed by atoms with van der Waals surface area (Å²) in [5.74, 6) is 0.733. The second kappa shape index (κ2) is 15.0. The molecule has 0 aliphatic rings. The van der Waals surface area contributed by atoms with E-state index in [-0.39, 0.29) is 11.4 Å². The fourth-order valence-corrected chi connectivity index (χ4v) is 5.72. The van der Waals surface area contributed by atoms with Crippen LogP contribution in [0.3, 0.4) is 0 Å². The predicted octanol–water partition coefficient (Wildman–Crippen LogP) is 9.68. The summed E-state index contributed by atoms with van der Waals surface area (Å²) >= 11 is 14.0. The van der Waals surface area contributed by atoms with Gasteiger partial charge in [0.15, 0.2) is 23.0 Å². The molecule has 0 atom stereocenters. The molecule has 0 unspecified atom stereocenters. The van der Waals surface area contributed by atoms with Gasteiger partial charge in [-0.15, -0.1) is 0 Å². The zero-order chi connectivity index (χ0) is 31.1. The molecule has 218 valence electrons. The molecule has 44 heavy (non-hydrogen) atoms. The number of nitriles is 2. The van der Waals surface area contributed by atoms with Gasteiger partial charge >= 0.3 is 0 Å². The Morgan fingerprint density at radius 2 is 0.659 bits per heavy atom. The Kier molecular flexibility index (Phi) is 10.8. The molecule has 6 nitrogen and oxygen atoms in total. The lowest BCUT2D eigenvalue weighted by atomic mass is 10.1. The fourth-order valence-electron chi connectivity index (χ4n) is 4.66. The van der Waals surface area contributed by atoms with Gasteiger partial charge in [0.25, 0.3) is 0 Å². The van der Waals surface area contributed by atoms with E-state index in [2.05, 4.69) is 75.9 Å². The van der Waals surface area contributed by atoms with Crippen molar-refractivity contribution in [1.82, 2.24) is 9.97 Å². The Labute approximate surface area is 290 Å². The predicted molar refractivity (Wildman–Crippen MR) is 188 cm³/mol. The van der Waals surface area contributed by atoms with E-state index in [9.17, 15) is 10.5 Å². The molecule has 0 saturated heterocycles. The van der Waals surface area contributed by atoms with E-state index in [4.69, 9.17) is 9.97 Å². The maximum atomic E-state index is 10.4. The zero-order valence-corrected chi connectivity index (χ0v) is 29.6. The van der Waals surface area contributed by atoms with E-state index in [1.165, 1.54) is 0 Å². The normalized spacial score (nSPS) is 10.6. The Morgan fingerprint density at radius 1 is 0.432 bits per heavy atom. The smallest absolute Gasteiger partial charge is 0.185 e. The van der Waals surface area contributed by atoms with Gasteiger partial charge < -0.3 is 9.80 Å². The van der Waals surface area contributed by atoms with Crippen LogP contribution in [-0.4, -0.2) is 9.97 Å². The fraction of sp³-hybridized carbons (Fsp3) is 0.118. The molecule has 5 rings (SSSR count). The Bertz CT molecular complexity index is 1580. The molecule has 0 fully saturated rings. The third-order valence-electron chi connectivity index (χ3n) is 6.82. The number of aromatic nitrogens is 2. The van der Waals surface area contributed by atoms with Gasteiger partial charge in [-0.1, -0.05) is 112 Å². The number of anilines is 2. The average molecular weight is 836 g/mol. The Balaban J connectivity index is 1.58. The molecule has 4 aromatic carbocycles. The molecule has 0 aliphatic carbocycles. The quantitative estimate of drug-likeness (QED) is 0.140. The maximum absolute atomic E-state index is 10.4. The topological polar surface area (TPSA) is 79.8 Å². The van der Waals surface area contributed by atoms with Crippen LogP contribution >= 0.6 is 63.7 Å². The SMILES string of the molecule is N#Cc1nc(N(Cc2ccc(Br)cc2)Cc2ccc(Br)cc2)c(C#N)nc1N(Cc1ccc(Br)cc1)Cc1ccc(Br)cc1. The maximum Gasteiger partial charge on any atom is 0.185 e. The largest absolute Gasteiger partial charge is 0.346 e. The molecule has 0 saturated carbocycles. The molecule has 5 aromatic rings. The van der Waals surface area contributed by atoms with E-state index in [0.29, 0.717) is 37.8 Å². The highest BCUT2D eigenvalue weighted by atomic mass is 79.9. The lowest BCUT2D eigenvalue weighted by Gasteiger charge is -2.28. The highest BCUT2D eigenvalue weighted by Gasteiger charge is 2.23. The molecule has 10 heteroatoms. The number of hydrogen-bond acceptors (Lipinski definition) is 6. The van der Waals surface area contributed by atoms with Crippen LogP contribution in [-0.2, 0) is 26.2 Å². The molecular formula is C34H24Br4N6. The molecule has 0 bridgehead atoms. The van der Waals surface area contributed by atoms with Gasteiger partial charge in [0.05, 0.1) is 0 Å². The first-order valence-electron chi connectivity index (χ1n) is 13.5. The van der Waals surface area contributed by atoms with Crippen molar-refractivity contribution in [3.63, 3.8) is 0 Å². The number of rotatable bonds is 10. The van der Waals surface area contributed by atoms with Crippen LogP contribution in [0.2, 0.25) is 0 Å². The van der Waals surface area contributed by atoms with Crippen molar-refractivity contribution < 1.29 is 0 Å². The monoisotopic (exact) mass is 832 g/mol. The van der Waals surface area contributed by atoms with Gasteiger partial charge in [-0.3, -0.25) is 0 Å². The molecule has 1 heterocycles. The molecule has 0 amide bonds. The Hall–Kier alpha value is -3.54. The van der Waals surface area contributed by atoms with Gasteiger partial charge in [0.1, 0.15) is 12.1 Å². The van der Waals surface area contributed by atoms with Crippen molar-refractivity contribution in [3.05, 3.63) is 149 Å². The second-order valence-electron chi connectivity index (χ2n) is 10.0. The van der Waals surface area contributed by atoms with Crippen LogP contribution in [0.15, 0.2) is 115 Å². The zero-order valence-electron chi connectivity index (χ0n) is 23.3. The first-order chi connectivity index (χ1) is 21.3. The van der Waals surface area contributed by atoms with E-state index < -0.39 is 0 Å². The number of nitrogens with zero attached hydrogens (tertiary/aromatic N) is 6. The van der Waals surface area contributed by atoms with Gasteiger partial charge in [-0.2, -0.15) is 10.5 Å². The standard InChI is InChI=1S/C34H24Br4N6/c35-27-9-1-23(2-10-27)19-43(20-24-3-11-28(36)12-4-24)33-31(17-39)42-34(32(18-40)41-33)44(21-25-5-13-29(37)14-6-25)22-26-7-15-30(38)16-8-26/h1-16H,19-22H2. The minimum Gasteiger partial charge on any atom is -0.346 e. The average Bonchev–Trinajstić information content (AvgIpc) is 3.04. The Morgan fingerprint density at radius 3 is 0.864 bits per heavy atom. The van der Waals surface area contributed by atoms with Crippen LogP contribution < -0.4 is 9.80 Å². The molecule has 0 spiro atoms. The van der Waals surface area contributed by atoms with E-state index in [1.54, 1.807) is 0 Å². The van der Waals surface area contributed by atoms with Crippen LogP contribution in [0.4, 0.5) is 11.6 Å². The number of hydrogen-bond donors (Lipinski definition) is 0. The highest BCUT2D eigenvalue weighted by molar-refractivity contribution is 9.11. The summed E-state index contributed by atoms with van der Waals surface area (Å²) in [6, 6.07) is 36.6. The van der Waals surface area contributed by atoms with Gasteiger partial charge in [0.2, 0.25) is 0 Å². The summed E-state index contributed by atoms with van der Waals surface area (Å²) in [6.07, 6.45) is 0. The molecular weight excluding hydrogens is 812 g/mol. The minimum atomic E-state index is 0.157. The summed E-state index contributed by atoms with van der Waals surface area (Å²) in [5, 5.41) is 20.8. The third kappa shape index (κ3) is 8.34. The molecule has 1 aromatic heterocycles. The van der Waals surface area contributed by atoms with E-state index >= 15 is 0 Å². The summed E-state index contributed by atoms with van der Waals surface area (Å²) in [4.78, 5) is 13.6. The first kappa shape index (κ1) is 31.9. The van der Waals surface area contributed by atoms with Crippen molar-refractivity contribution in [2.75, 3.05) is 9.80 Å². The van der Waals surface area contributed by atoms with Gasteiger partial charge in [-0.05, 0) is 70.8 Å². The van der Waals surface area contributed by atoms with Gasteiger partial charge in [-0.25, -0.2) is 9.97 Å². The van der Waals surface area contributed by atoms with E-state index in [1.807, 2.05) is 107 Å². The van der Waals surface area contributed by atoms with Crippen LogP contribution in [0.1, 0.15) is 33.6 Å². The van der Waals surface area contributed by atoms with Crippen molar-refractivity contribution >= 4 is 75.4 Å². The van der Waals surface area contributed by atoms with Crippen molar-refractivity contribution in [2.24, 2.45) is 0 Å². The molecule has 0 aliphatic heterocycles. The molecule has 0 radical (unpaired) electrons. The number of halogens is 4. The van der Waals surface area contributed by atoms with Crippen molar-refractivity contribution in [3.8, 4) is 12.1 Å². The summed E-state index contributed by atoms with van der Waals surface area (Å²) in [6.45, 7) is 1.88. The van der Waals surface area contributed by atoms with Gasteiger partial charge in [0, 0.05) is 44.1 Å². The molecule has 0 N–H and O–H groups in total.